The minimum atomic E-state index is -3.51. The highest BCUT2D eigenvalue weighted by Crippen LogP contribution is 2.17. The van der Waals surface area contributed by atoms with Gasteiger partial charge in [-0.3, -0.25) is 0 Å². The number of ether oxygens (including phenoxy) is 1. The molecule has 0 amide bonds. The molecule has 1 saturated heterocycles. The molecule has 0 N–H and O–H groups in total. The van der Waals surface area contributed by atoms with Gasteiger partial charge in [-0.25, -0.2) is 12.8 Å². The maximum absolute atomic E-state index is 12.6. The molecule has 15 heavy (non-hydrogen) atoms. The van der Waals surface area contributed by atoms with Gasteiger partial charge >= 0.3 is 0 Å². The number of sulfonamides is 1. The Balaban J connectivity index is 2.32. The number of nitrogens with zero attached hydrogens (tertiary/aromatic N) is 1. The van der Waals surface area contributed by atoms with E-state index in [4.69, 9.17) is 4.74 Å². The third kappa shape index (κ3) is 2.01. The molecular weight excluding hydrogens is 221 g/mol. The van der Waals surface area contributed by atoms with E-state index in [1.807, 2.05) is 0 Å². The molecule has 4 nitrogen and oxygen atoms in total. The lowest BCUT2D eigenvalue weighted by Gasteiger charge is -2.13. The minimum Gasteiger partial charge on any atom is -0.364 e. The zero-order chi connectivity index (χ0) is 10.9. The SMILES string of the molecule is O=S(=O)(c1ccc(F)cc1)N1CCOC1. The van der Waals surface area contributed by atoms with E-state index in [2.05, 4.69) is 0 Å². The Morgan fingerprint density at radius 3 is 2.47 bits per heavy atom. The monoisotopic (exact) mass is 231 g/mol. The Kier molecular flexibility index (Phi) is 2.72. The highest BCUT2D eigenvalue weighted by Gasteiger charge is 2.27. The first-order valence-corrected chi connectivity index (χ1v) is 5.88. The first kappa shape index (κ1) is 10.5. The van der Waals surface area contributed by atoms with Crippen LogP contribution in [0.4, 0.5) is 4.39 Å². The van der Waals surface area contributed by atoms with Crippen molar-refractivity contribution in [1.29, 1.82) is 0 Å². The van der Waals surface area contributed by atoms with Crippen LogP contribution >= 0.6 is 0 Å². The van der Waals surface area contributed by atoms with Crippen LogP contribution in [0.25, 0.3) is 0 Å². The summed E-state index contributed by atoms with van der Waals surface area (Å²) in [6.45, 7) is 0.819. The summed E-state index contributed by atoms with van der Waals surface area (Å²) in [5.41, 5.74) is 0. The number of halogens is 1. The van der Waals surface area contributed by atoms with E-state index < -0.39 is 15.8 Å². The Morgan fingerprint density at radius 2 is 1.93 bits per heavy atom. The first-order chi connectivity index (χ1) is 7.10. The fourth-order valence-corrected chi connectivity index (χ4v) is 2.65. The lowest BCUT2D eigenvalue weighted by molar-refractivity contribution is 0.172. The predicted octanol–water partition coefficient (Wildman–Crippen LogP) is 0.804. The van der Waals surface area contributed by atoms with E-state index in [1.54, 1.807) is 0 Å². The van der Waals surface area contributed by atoms with Crippen molar-refractivity contribution in [3.8, 4) is 0 Å². The van der Waals surface area contributed by atoms with Crippen LogP contribution in [0.3, 0.4) is 0 Å². The fourth-order valence-electron chi connectivity index (χ4n) is 1.34. The van der Waals surface area contributed by atoms with Crippen molar-refractivity contribution >= 4 is 10.0 Å². The summed E-state index contributed by atoms with van der Waals surface area (Å²) in [4.78, 5) is 0.0920. The summed E-state index contributed by atoms with van der Waals surface area (Å²) in [5, 5.41) is 0. The van der Waals surface area contributed by atoms with Crippen molar-refractivity contribution in [2.75, 3.05) is 19.9 Å². The van der Waals surface area contributed by atoms with Gasteiger partial charge in [0.25, 0.3) is 0 Å². The van der Waals surface area contributed by atoms with Gasteiger partial charge in [-0.05, 0) is 24.3 Å². The molecule has 1 aliphatic rings. The molecule has 0 bridgehead atoms. The van der Waals surface area contributed by atoms with E-state index in [0.717, 1.165) is 12.1 Å². The summed E-state index contributed by atoms with van der Waals surface area (Å²) >= 11 is 0. The fraction of sp³-hybridized carbons (Fsp3) is 0.333. The van der Waals surface area contributed by atoms with Gasteiger partial charge in [0.2, 0.25) is 10.0 Å². The number of hydrogen-bond donors (Lipinski definition) is 0. The Labute approximate surface area is 87.3 Å². The normalized spacial score (nSPS) is 18.2. The second-order valence-corrected chi connectivity index (χ2v) is 5.11. The molecular formula is C9H10FNO3S. The zero-order valence-electron chi connectivity index (χ0n) is 7.89. The van der Waals surface area contributed by atoms with Crippen molar-refractivity contribution in [2.24, 2.45) is 0 Å². The Morgan fingerprint density at radius 1 is 1.27 bits per heavy atom. The average Bonchev–Trinajstić information content (AvgIpc) is 2.71. The molecule has 1 aromatic carbocycles. The van der Waals surface area contributed by atoms with Gasteiger partial charge in [-0.1, -0.05) is 0 Å². The summed E-state index contributed by atoms with van der Waals surface area (Å²) in [5.74, 6) is -0.452. The van der Waals surface area contributed by atoms with E-state index in [1.165, 1.54) is 16.4 Å². The molecule has 1 aliphatic heterocycles. The van der Waals surface area contributed by atoms with E-state index in [0.29, 0.717) is 13.2 Å². The van der Waals surface area contributed by atoms with Crippen LogP contribution < -0.4 is 0 Å². The molecule has 0 radical (unpaired) electrons. The molecule has 0 aromatic heterocycles. The molecule has 1 aromatic rings. The van der Waals surface area contributed by atoms with Gasteiger partial charge in [0, 0.05) is 6.54 Å². The third-order valence-electron chi connectivity index (χ3n) is 2.17. The van der Waals surface area contributed by atoms with Crippen molar-refractivity contribution in [2.45, 2.75) is 4.90 Å². The molecule has 1 heterocycles. The van der Waals surface area contributed by atoms with E-state index >= 15 is 0 Å². The number of benzene rings is 1. The van der Waals surface area contributed by atoms with Gasteiger partial charge in [-0.15, -0.1) is 0 Å². The van der Waals surface area contributed by atoms with Gasteiger partial charge in [0.15, 0.2) is 0 Å². The van der Waals surface area contributed by atoms with Crippen molar-refractivity contribution in [3.05, 3.63) is 30.1 Å². The average molecular weight is 231 g/mol. The molecule has 0 saturated carbocycles. The largest absolute Gasteiger partial charge is 0.364 e. The van der Waals surface area contributed by atoms with Gasteiger partial charge in [-0.2, -0.15) is 4.31 Å². The summed E-state index contributed by atoms with van der Waals surface area (Å²) in [7, 11) is -3.51. The van der Waals surface area contributed by atoms with E-state index in [9.17, 15) is 12.8 Å². The van der Waals surface area contributed by atoms with Crippen LogP contribution in [0.15, 0.2) is 29.2 Å². The second-order valence-electron chi connectivity index (χ2n) is 3.17. The topological polar surface area (TPSA) is 46.6 Å². The van der Waals surface area contributed by atoms with Gasteiger partial charge in [0.1, 0.15) is 12.5 Å². The molecule has 0 spiro atoms. The maximum Gasteiger partial charge on any atom is 0.245 e. The standard InChI is InChI=1S/C9H10FNO3S/c10-8-1-3-9(4-2-8)15(12,13)11-5-6-14-7-11/h1-4H,5-7H2. The van der Waals surface area contributed by atoms with E-state index in [-0.39, 0.29) is 11.6 Å². The van der Waals surface area contributed by atoms with Crippen LogP contribution in [0, 0.1) is 5.82 Å². The molecule has 0 atom stereocenters. The molecule has 2 rings (SSSR count). The highest BCUT2D eigenvalue weighted by atomic mass is 32.2. The number of hydrogen-bond acceptors (Lipinski definition) is 3. The lowest BCUT2D eigenvalue weighted by Crippen LogP contribution is -2.28. The van der Waals surface area contributed by atoms with Crippen molar-refractivity contribution in [1.82, 2.24) is 4.31 Å². The van der Waals surface area contributed by atoms with Crippen molar-refractivity contribution in [3.63, 3.8) is 0 Å². The lowest BCUT2D eigenvalue weighted by atomic mass is 10.4. The first-order valence-electron chi connectivity index (χ1n) is 4.44. The second kappa shape index (κ2) is 3.88. The third-order valence-corrected chi connectivity index (χ3v) is 4.01. The van der Waals surface area contributed by atoms with Crippen molar-refractivity contribution < 1.29 is 17.5 Å². The molecule has 82 valence electrons. The highest BCUT2D eigenvalue weighted by molar-refractivity contribution is 7.89. The Hall–Kier alpha value is -0.980. The molecule has 0 aliphatic carbocycles. The molecule has 1 fully saturated rings. The minimum absolute atomic E-state index is 0.0692. The summed E-state index contributed by atoms with van der Waals surface area (Å²) < 4.78 is 42.5. The maximum atomic E-state index is 12.6. The van der Waals surface area contributed by atoms with Gasteiger partial charge < -0.3 is 4.74 Å². The van der Waals surface area contributed by atoms with Crippen LogP contribution in [-0.4, -0.2) is 32.6 Å². The summed E-state index contributed by atoms with van der Waals surface area (Å²) in [6, 6.07) is 4.76. The van der Waals surface area contributed by atoms with Crippen LogP contribution in [-0.2, 0) is 14.8 Å². The zero-order valence-corrected chi connectivity index (χ0v) is 8.71. The van der Waals surface area contributed by atoms with Crippen LogP contribution in [0.5, 0.6) is 0 Å². The van der Waals surface area contributed by atoms with Crippen LogP contribution in [0.2, 0.25) is 0 Å². The predicted molar refractivity (Wildman–Crippen MR) is 51.1 cm³/mol. The quantitative estimate of drug-likeness (QED) is 0.756. The van der Waals surface area contributed by atoms with Crippen LogP contribution in [0.1, 0.15) is 0 Å². The Bertz CT molecular complexity index is 437. The molecule has 6 heteroatoms. The number of rotatable bonds is 2. The summed E-state index contributed by atoms with van der Waals surface area (Å²) in [6.07, 6.45) is 0. The smallest absolute Gasteiger partial charge is 0.245 e. The van der Waals surface area contributed by atoms with Gasteiger partial charge in [0.05, 0.1) is 11.5 Å². The molecule has 0 unspecified atom stereocenters.